The first-order chi connectivity index (χ1) is 10.7. The van der Waals surface area contributed by atoms with E-state index in [4.69, 9.17) is 9.47 Å². The molecule has 0 aliphatic carbocycles. The molecule has 0 fully saturated rings. The fraction of sp³-hybridized carbons (Fsp3) is 0.278. The lowest BCUT2D eigenvalue weighted by Crippen LogP contribution is -2.26. The molecule has 0 aromatic heterocycles. The average Bonchev–Trinajstić information content (AvgIpc) is 2.55. The maximum atomic E-state index is 12.3. The Bertz CT molecular complexity index is 622. The molecular formula is C18H21NO3. The summed E-state index contributed by atoms with van der Waals surface area (Å²) in [6, 6.07) is 14.6. The van der Waals surface area contributed by atoms with Crippen molar-refractivity contribution in [3.63, 3.8) is 0 Å². The van der Waals surface area contributed by atoms with Crippen molar-refractivity contribution in [1.82, 2.24) is 5.32 Å². The molecule has 1 atom stereocenters. The fourth-order valence-corrected chi connectivity index (χ4v) is 2.25. The number of para-hydroxylation sites is 1. The second kappa shape index (κ2) is 7.50. The van der Waals surface area contributed by atoms with Crippen LogP contribution in [0.4, 0.5) is 0 Å². The molecule has 0 unspecified atom stereocenters. The van der Waals surface area contributed by atoms with Gasteiger partial charge in [-0.2, -0.15) is 0 Å². The normalized spacial score (nSPS) is 11.6. The standard InChI is InChI=1S/C18H21NO3/c1-4-22-15-11-9-14(10-12-15)18(20)19-13(2)16-7-5-6-8-17(16)21-3/h5-13H,4H2,1-3H3,(H,19,20)/t13-/m1/s1. The van der Waals surface area contributed by atoms with Crippen molar-refractivity contribution >= 4 is 5.91 Å². The van der Waals surface area contributed by atoms with E-state index in [1.54, 1.807) is 31.4 Å². The van der Waals surface area contributed by atoms with Crippen molar-refractivity contribution in [2.24, 2.45) is 0 Å². The van der Waals surface area contributed by atoms with Gasteiger partial charge >= 0.3 is 0 Å². The molecule has 0 bridgehead atoms. The SMILES string of the molecule is CCOc1ccc(C(=O)N[C@H](C)c2ccccc2OC)cc1. The van der Waals surface area contributed by atoms with Gasteiger partial charge in [0, 0.05) is 11.1 Å². The summed E-state index contributed by atoms with van der Waals surface area (Å²) in [6.07, 6.45) is 0. The number of carbonyl (C=O) groups is 1. The number of benzene rings is 2. The number of hydrogen-bond acceptors (Lipinski definition) is 3. The average molecular weight is 299 g/mol. The monoisotopic (exact) mass is 299 g/mol. The summed E-state index contributed by atoms with van der Waals surface area (Å²) >= 11 is 0. The fourth-order valence-electron chi connectivity index (χ4n) is 2.25. The molecule has 2 aromatic carbocycles. The van der Waals surface area contributed by atoms with Gasteiger partial charge in [0.05, 0.1) is 19.8 Å². The molecule has 0 spiro atoms. The zero-order valence-electron chi connectivity index (χ0n) is 13.1. The zero-order chi connectivity index (χ0) is 15.9. The van der Waals surface area contributed by atoms with Crippen molar-refractivity contribution in [3.8, 4) is 11.5 Å². The predicted octanol–water partition coefficient (Wildman–Crippen LogP) is 3.58. The van der Waals surface area contributed by atoms with Gasteiger partial charge in [-0.05, 0) is 44.2 Å². The predicted molar refractivity (Wildman–Crippen MR) is 86.5 cm³/mol. The van der Waals surface area contributed by atoms with Crippen LogP contribution in [-0.4, -0.2) is 19.6 Å². The van der Waals surface area contributed by atoms with Crippen molar-refractivity contribution in [1.29, 1.82) is 0 Å². The van der Waals surface area contributed by atoms with Crippen LogP contribution in [0.15, 0.2) is 48.5 Å². The van der Waals surface area contributed by atoms with E-state index in [0.717, 1.165) is 17.1 Å². The molecule has 0 saturated carbocycles. The van der Waals surface area contributed by atoms with Gasteiger partial charge in [-0.1, -0.05) is 18.2 Å². The lowest BCUT2D eigenvalue weighted by Gasteiger charge is -2.17. The highest BCUT2D eigenvalue weighted by molar-refractivity contribution is 5.94. The minimum absolute atomic E-state index is 0.124. The van der Waals surface area contributed by atoms with E-state index in [1.165, 1.54) is 0 Å². The second-order valence-corrected chi connectivity index (χ2v) is 4.89. The number of hydrogen-bond donors (Lipinski definition) is 1. The lowest BCUT2D eigenvalue weighted by atomic mass is 10.1. The van der Waals surface area contributed by atoms with Gasteiger partial charge in [-0.25, -0.2) is 0 Å². The third-order valence-corrected chi connectivity index (χ3v) is 3.38. The number of methoxy groups -OCH3 is 1. The Morgan fingerprint density at radius 2 is 1.82 bits per heavy atom. The van der Waals surface area contributed by atoms with Crippen LogP contribution in [0, 0.1) is 0 Å². The molecule has 4 heteroatoms. The Morgan fingerprint density at radius 3 is 2.45 bits per heavy atom. The molecule has 1 amide bonds. The van der Waals surface area contributed by atoms with Crippen LogP contribution in [0.2, 0.25) is 0 Å². The van der Waals surface area contributed by atoms with Gasteiger partial charge in [0.25, 0.3) is 5.91 Å². The number of ether oxygens (including phenoxy) is 2. The summed E-state index contributed by atoms with van der Waals surface area (Å²) in [7, 11) is 1.62. The highest BCUT2D eigenvalue weighted by Crippen LogP contribution is 2.24. The number of carbonyl (C=O) groups excluding carboxylic acids is 1. The lowest BCUT2D eigenvalue weighted by molar-refractivity contribution is 0.0939. The molecule has 0 saturated heterocycles. The Labute approximate surface area is 131 Å². The molecule has 0 radical (unpaired) electrons. The molecule has 4 nitrogen and oxygen atoms in total. The second-order valence-electron chi connectivity index (χ2n) is 4.89. The summed E-state index contributed by atoms with van der Waals surface area (Å²) in [5.74, 6) is 1.40. The van der Waals surface area contributed by atoms with Crippen molar-refractivity contribution in [2.75, 3.05) is 13.7 Å². The van der Waals surface area contributed by atoms with Crippen LogP contribution in [0.5, 0.6) is 11.5 Å². The Balaban J connectivity index is 2.07. The number of nitrogens with one attached hydrogen (secondary N) is 1. The quantitative estimate of drug-likeness (QED) is 0.887. The molecule has 0 aliphatic rings. The summed E-state index contributed by atoms with van der Waals surface area (Å²) in [5, 5.41) is 2.98. The van der Waals surface area contributed by atoms with E-state index in [9.17, 15) is 4.79 Å². The third-order valence-electron chi connectivity index (χ3n) is 3.38. The van der Waals surface area contributed by atoms with E-state index in [1.807, 2.05) is 38.1 Å². The molecular weight excluding hydrogens is 278 g/mol. The first-order valence-corrected chi connectivity index (χ1v) is 7.32. The van der Waals surface area contributed by atoms with Crippen LogP contribution in [0.3, 0.4) is 0 Å². The summed E-state index contributed by atoms with van der Waals surface area (Å²) in [6.45, 7) is 4.47. The van der Waals surface area contributed by atoms with Crippen molar-refractivity contribution in [3.05, 3.63) is 59.7 Å². The van der Waals surface area contributed by atoms with Crippen LogP contribution in [0.1, 0.15) is 35.8 Å². The smallest absolute Gasteiger partial charge is 0.251 e. The van der Waals surface area contributed by atoms with E-state index < -0.39 is 0 Å². The topological polar surface area (TPSA) is 47.6 Å². The van der Waals surface area contributed by atoms with Gasteiger partial charge in [-0.15, -0.1) is 0 Å². The minimum atomic E-state index is -0.143. The van der Waals surface area contributed by atoms with Crippen LogP contribution in [0.25, 0.3) is 0 Å². The zero-order valence-corrected chi connectivity index (χ0v) is 13.1. The van der Waals surface area contributed by atoms with Gasteiger partial charge < -0.3 is 14.8 Å². The van der Waals surface area contributed by atoms with Crippen LogP contribution in [-0.2, 0) is 0 Å². The molecule has 22 heavy (non-hydrogen) atoms. The molecule has 0 aliphatic heterocycles. The van der Waals surface area contributed by atoms with Crippen LogP contribution >= 0.6 is 0 Å². The Morgan fingerprint density at radius 1 is 1.14 bits per heavy atom. The molecule has 2 rings (SSSR count). The number of amides is 1. The Kier molecular flexibility index (Phi) is 5.42. The summed E-state index contributed by atoms with van der Waals surface area (Å²) < 4.78 is 10.7. The van der Waals surface area contributed by atoms with Gasteiger partial charge in [-0.3, -0.25) is 4.79 Å². The molecule has 0 heterocycles. The van der Waals surface area contributed by atoms with E-state index >= 15 is 0 Å². The Hall–Kier alpha value is -2.49. The van der Waals surface area contributed by atoms with E-state index in [-0.39, 0.29) is 11.9 Å². The van der Waals surface area contributed by atoms with Crippen molar-refractivity contribution in [2.45, 2.75) is 19.9 Å². The van der Waals surface area contributed by atoms with Crippen molar-refractivity contribution < 1.29 is 14.3 Å². The van der Waals surface area contributed by atoms with E-state index in [0.29, 0.717) is 12.2 Å². The molecule has 116 valence electrons. The van der Waals surface area contributed by atoms with E-state index in [2.05, 4.69) is 5.32 Å². The number of rotatable bonds is 6. The van der Waals surface area contributed by atoms with Gasteiger partial charge in [0.15, 0.2) is 0 Å². The highest BCUT2D eigenvalue weighted by Gasteiger charge is 2.14. The summed E-state index contributed by atoms with van der Waals surface area (Å²) in [5.41, 5.74) is 1.55. The summed E-state index contributed by atoms with van der Waals surface area (Å²) in [4.78, 5) is 12.3. The minimum Gasteiger partial charge on any atom is -0.496 e. The third kappa shape index (κ3) is 3.79. The largest absolute Gasteiger partial charge is 0.496 e. The van der Waals surface area contributed by atoms with Gasteiger partial charge in [0.2, 0.25) is 0 Å². The molecule has 1 N–H and O–H groups in total. The highest BCUT2D eigenvalue weighted by atomic mass is 16.5. The van der Waals surface area contributed by atoms with Crippen LogP contribution < -0.4 is 14.8 Å². The first kappa shape index (κ1) is 15.9. The molecule has 2 aromatic rings. The first-order valence-electron chi connectivity index (χ1n) is 7.32. The maximum Gasteiger partial charge on any atom is 0.251 e. The maximum absolute atomic E-state index is 12.3. The van der Waals surface area contributed by atoms with Gasteiger partial charge in [0.1, 0.15) is 11.5 Å².